The molecule has 146 valence electrons. The molecule has 2 aliphatic heterocycles. The summed E-state index contributed by atoms with van der Waals surface area (Å²) in [6, 6.07) is 4.97. The van der Waals surface area contributed by atoms with Crippen LogP contribution in [0.25, 0.3) is 0 Å². The van der Waals surface area contributed by atoms with E-state index < -0.39 is 0 Å². The van der Waals surface area contributed by atoms with Crippen LogP contribution in [0.3, 0.4) is 0 Å². The minimum atomic E-state index is 0.462. The number of rotatable bonds is 7. The first-order valence-corrected chi connectivity index (χ1v) is 10.4. The Hall–Kier alpha value is -2.10. The molecule has 27 heavy (non-hydrogen) atoms. The zero-order valence-electron chi connectivity index (χ0n) is 17.1. The van der Waals surface area contributed by atoms with Crippen molar-refractivity contribution in [2.45, 2.75) is 71.3 Å². The van der Waals surface area contributed by atoms with Gasteiger partial charge in [-0.1, -0.05) is 39.0 Å². The second-order valence-corrected chi connectivity index (χ2v) is 8.22. The van der Waals surface area contributed by atoms with Crippen molar-refractivity contribution in [2.75, 3.05) is 11.9 Å². The fourth-order valence-corrected chi connectivity index (χ4v) is 3.92. The summed E-state index contributed by atoms with van der Waals surface area (Å²) in [7, 11) is 0. The highest BCUT2D eigenvalue weighted by Crippen LogP contribution is 2.27. The number of anilines is 1. The van der Waals surface area contributed by atoms with Crippen molar-refractivity contribution in [1.29, 1.82) is 0 Å². The molecule has 3 heterocycles. The van der Waals surface area contributed by atoms with E-state index >= 15 is 0 Å². The highest BCUT2D eigenvalue weighted by atomic mass is 15.1. The van der Waals surface area contributed by atoms with Gasteiger partial charge in [-0.25, -0.2) is 9.98 Å². The monoisotopic (exact) mass is 366 g/mol. The normalized spacial score (nSPS) is 21.0. The Labute approximate surface area is 164 Å². The Morgan fingerprint density at radius 2 is 2.15 bits per heavy atom. The molecule has 4 heteroatoms. The number of nitrogens with zero attached hydrogens (tertiary/aromatic N) is 2. The van der Waals surface area contributed by atoms with Crippen LogP contribution in [0.1, 0.15) is 70.1 Å². The smallest absolute Gasteiger partial charge is 0.129 e. The second kappa shape index (κ2) is 9.20. The molecule has 0 amide bonds. The first kappa shape index (κ1) is 19.7. The highest BCUT2D eigenvalue weighted by molar-refractivity contribution is 5.47. The molecule has 1 unspecified atom stereocenters. The van der Waals surface area contributed by atoms with Gasteiger partial charge in [-0.15, -0.1) is 0 Å². The molecule has 0 aromatic carbocycles. The number of nitrogens with one attached hydrogen (secondary N) is 2. The number of pyridine rings is 1. The summed E-state index contributed by atoms with van der Waals surface area (Å²) >= 11 is 0. The number of hydrogen-bond donors (Lipinski definition) is 2. The molecule has 0 bridgehead atoms. The van der Waals surface area contributed by atoms with E-state index in [2.05, 4.69) is 67.4 Å². The van der Waals surface area contributed by atoms with Gasteiger partial charge in [-0.2, -0.15) is 0 Å². The van der Waals surface area contributed by atoms with Crippen LogP contribution in [0.5, 0.6) is 0 Å². The summed E-state index contributed by atoms with van der Waals surface area (Å²) in [6.07, 6.45) is 11.3. The maximum atomic E-state index is 4.85. The molecule has 0 radical (unpaired) electrons. The average molecular weight is 367 g/mol. The Balaban J connectivity index is 1.55. The molecule has 0 aliphatic carbocycles. The third kappa shape index (κ3) is 5.00. The molecule has 4 nitrogen and oxygen atoms in total. The Bertz CT molecular complexity index is 717. The number of aromatic nitrogens is 1. The topological polar surface area (TPSA) is 49.3 Å². The van der Waals surface area contributed by atoms with Gasteiger partial charge < -0.3 is 10.6 Å². The van der Waals surface area contributed by atoms with Crippen LogP contribution in [-0.2, 0) is 6.42 Å². The quantitative estimate of drug-likeness (QED) is 0.652. The summed E-state index contributed by atoms with van der Waals surface area (Å²) in [5.74, 6) is 3.14. The molecule has 3 rings (SSSR count). The Morgan fingerprint density at radius 3 is 2.93 bits per heavy atom. The fourth-order valence-electron chi connectivity index (χ4n) is 3.92. The molecule has 2 atom stereocenters. The zero-order chi connectivity index (χ0) is 19.2. The van der Waals surface area contributed by atoms with Crippen LogP contribution >= 0.6 is 0 Å². The first-order valence-electron chi connectivity index (χ1n) is 10.4. The first-order chi connectivity index (χ1) is 13.1. The van der Waals surface area contributed by atoms with E-state index in [0.29, 0.717) is 17.9 Å². The van der Waals surface area contributed by atoms with Crippen molar-refractivity contribution >= 4 is 12.5 Å². The molecule has 0 saturated heterocycles. The summed E-state index contributed by atoms with van der Waals surface area (Å²) in [5, 5.41) is 6.98. The number of aliphatic imine (C=N–C) groups is 1. The zero-order valence-corrected chi connectivity index (χ0v) is 17.1. The van der Waals surface area contributed by atoms with E-state index in [1.54, 1.807) is 0 Å². The minimum Gasteiger partial charge on any atom is -0.370 e. The van der Waals surface area contributed by atoms with Gasteiger partial charge in [0.25, 0.3) is 0 Å². The Morgan fingerprint density at radius 1 is 1.30 bits per heavy atom. The molecule has 2 aliphatic rings. The minimum absolute atomic E-state index is 0.462. The molecular weight excluding hydrogens is 332 g/mol. The van der Waals surface area contributed by atoms with Gasteiger partial charge in [0.2, 0.25) is 0 Å². The number of aryl methyl sites for hydroxylation is 1. The average Bonchev–Trinajstić information content (AvgIpc) is 2.70. The SMILES string of the molecule is C=NC1=C(/C=C\CC[C@@H](C)c2ccc3c(n2)NCCC3)CCC(C(C)C)N1. The lowest BCUT2D eigenvalue weighted by Gasteiger charge is -2.29. The predicted octanol–water partition coefficient (Wildman–Crippen LogP) is 5.20. The summed E-state index contributed by atoms with van der Waals surface area (Å²) in [6.45, 7) is 11.6. The summed E-state index contributed by atoms with van der Waals surface area (Å²) < 4.78 is 0. The van der Waals surface area contributed by atoms with Gasteiger partial charge in [-0.05, 0) is 74.3 Å². The Kier molecular flexibility index (Phi) is 6.70. The van der Waals surface area contributed by atoms with Gasteiger partial charge in [0, 0.05) is 18.3 Å². The molecule has 0 saturated carbocycles. The van der Waals surface area contributed by atoms with Crippen LogP contribution in [0.2, 0.25) is 0 Å². The lowest BCUT2D eigenvalue weighted by Crippen LogP contribution is -2.36. The molecule has 1 aromatic rings. The van der Waals surface area contributed by atoms with E-state index in [4.69, 9.17) is 4.98 Å². The van der Waals surface area contributed by atoms with Crippen LogP contribution in [0, 0.1) is 5.92 Å². The third-order valence-electron chi connectivity index (χ3n) is 5.82. The standard InChI is InChI=1S/C23H34N4/c1-16(2)20-13-11-18(22(24-4)26-20)9-6-5-8-17(3)21-14-12-19-10-7-15-25-23(19)27-21/h6,9,12,14,16-17,20,26H,4-5,7-8,10-11,13,15H2,1-3H3,(H,25,27)/b9-6-/t17-,20?/m1/s1. The molecule has 0 fully saturated rings. The molecule has 1 aromatic heterocycles. The lowest BCUT2D eigenvalue weighted by molar-refractivity contribution is 0.387. The number of hydrogen-bond acceptors (Lipinski definition) is 4. The maximum Gasteiger partial charge on any atom is 0.129 e. The van der Waals surface area contributed by atoms with Crippen LogP contribution < -0.4 is 10.6 Å². The van der Waals surface area contributed by atoms with Crippen molar-refractivity contribution in [2.24, 2.45) is 10.9 Å². The van der Waals surface area contributed by atoms with Gasteiger partial charge in [0.05, 0.1) is 0 Å². The van der Waals surface area contributed by atoms with Crippen LogP contribution in [0.15, 0.2) is 40.7 Å². The third-order valence-corrected chi connectivity index (χ3v) is 5.82. The molecule has 0 spiro atoms. The second-order valence-electron chi connectivity index (χ2n) is 8.22. The summed E-state index contributed by atoms with van der Waals surface area (Å²) in [5.41, 5.74) is 3.84. The number of fused-ring (bicyclic) bond motifs is 1. The fraction of sp³-hybridized carbons (Fsp3) is 0.565. The van der Waals surface area contributed by atoms with Crippen molar-refractivity contribution in [3.8, 4) is 0 Å². The van der Waals surface area contributed by atoms with Gasteiger partial charge >= 0.3 is 0 Å². The van der Waals surface area contributed by atoms with Crippen LogP contribution in [-0.4, -0.2) is 24.3 Å². The molecular formula is C23H34N4. The highest BCUT2D eigenvalue weighted by Gasteiger charge is 2.20. The van der Waals surface area contributed by atoms with E-state index in [1.807, 2.05) is 0 Å². The lowest BCUT2D eigenvalue weighted by atomic mass is 9.92. The van der Waals surface area contributed by atoms with Crippen molar-refractivity contribution in [1.82, 2.24) is 10.3 Å². The molecule has 2 N–H and O–H groups in total. The van der Waals surface area contributed by atoms with Gasteiger partial charge in [0.15, 0.2) is 0 Å². The van der Waals surface area contributed by atoms with E-state index in [9.17, 15) is 0 Å². The maximum absolute atomic E-state index is 4.85. The predicted molar refractivity (Wildman–Crippen MR) is 115 cm³/mol. The van der Waals surface area contributed by atoms with Crippen molar-refractivity contribution < 1.29 is 0 Å². The largest absolute Gasteiger partial charge is 0.370 e. The number of allylic oxidation sites excluding steroid dienone is 3. The van der Waals surface area contributed by atoms with Crippen molar-refractivity contribution in [3.63, 3.8) is 0 Å². The summed E-state index contributed by atoms with van der Waals surface area (Å²) in [4.78, 5) is 9.07. The van der Waals surface area contributed by atoms with Crippen molar-refractivity contribution in [3.05, 3.63) is 46.9 Å². The van der Waals surface area contributed by atoms with E-state index in [1.165, 1.54) is 29.7 Å². The van der Waals surface area contributed by atoms with Crippen LogP contribution in [0.4, 0.5) is 5.82 Å². The van der Waals surface area contributed by atoms with E-state index in [0.717, 1.165) is 43.9 Å². The van der Waals surface area contributed by atoms with E-state index in [-0.39, 0.29) is 0 Å². The van der Waals surface area contributed by atoms with Gasteiger partial charge in [0.1, 0.15) is 11.6 Å². The van der Waals surface area contributed by atoms with Gasteiger partial charge in [-0.3, -0.25) is 0 Å².